The predicted octanol–water partition coefficient (Wildman–Crippen LogP) is 2.40. The summed E-state index contributed by atoms with van der Waals surface area (Å²) in [7, 11) is -3.50. The third-order valence-electron chi connectivity index (χ3n) is 2.74. The molecule has 0 bridgehead atoms. The summed E-state index contributed by atoms with van der Waals surface area (Å²) in [5.41, 5.74) is 1.93. The van der Waals surface area contributed by atoms with E-state index in [9.17, 15) is 8.42 Å². The van der Waals surface area contributed by atoms with E-state index < -0.39 is 10.0 Å². The summed E-state index contributed by atoms with van der Waals surface area (Å²) in [6.45, 7) is 3.83. The minimum absolute atomic E-state index is 0.244. The molecule has 0 saturated heterocycles. The molecular formula is C13H14ClN3O2S. The van der Waals surface area contributed by atoms with Gasteiger partial charge in [0.1, 0.15) is 0 Å². The van der Waals surface area contributed by atoms with Crippen molar-refractivity contribution in [1.82, 2.24) is 14.9 Å². The molecule has 0 saturated carbocycles. The molecule has 5 nitrogen and oxygen atoms in total. The van der Waals surface area contributed by atoms with Crippen molar-refractivity contribution in [3.63, 3.8) is 0 Å². The Kier molecular flexibility index (Phi) is 4.37. The van der Waals surface area contributed by atoms with Crippen LogP contribution in [0.3, 0.4) is 0 Å². The van der Waals surface area contributed by atoms with Crippen molar-refractivity contribution in [2.24, 2.45) is 0 Å². The van der Waals surface area contributed by atoms with Gasteiger partial charge in [0.25, 0.3) is 0 Å². The summed E-state index contributed by atoms with van der Waals surface area (Å²) in [5, 5.41) is 8.00. The number of hydrogen-bond acceptors (Lipinski definition) is 4. The topological polar surface area (TPSA) is 72.0 Å². The van der Waals surface area contributed by atoms with Crippen LogP contribution >= 0.6 is 11.6 Å². The van der Waals surface area contributed by atoms with Crippen LogP contribution in [-0.2, 0) is 10.0 Å². The van der Waals surface area contributed by atoms with Gasteiger partial charge in [-0.15, -0.1) is 10.2 Å². The number of aryl methyl sites for hydroxylation is 1. The van der Waals surface area contributed by atoms with Gasteiger partial charge < -0.3 is 0 Å². The molecule has 2 aromatic rings. The van der Waals surface area contributed by atoms with Crippen molar-refractivity contribution >= 4 is 21.6 Å². The molecule has 7 heteroatoms. The second-order valence-corrected chi connectivity index (χ2v) is 6.35. The van der Waals surface area contributed by atoms with Gasteiger partial charge in [-0.05, 0) is 30.7 Å². The maximum Gasteiger partial charge on any atom is 0.240 e. The Bertz CT molecular complexity index is 715. The maximum absolute atomic E-state index is 12.1. The first-order valence-corrected chi connectivity index (χ1v) is 7.90. The highest BCUT2D eigenvalue weighted by Gasteiger charge is 2.16. The van der Waals surface area contributed by atoms with Crippen LogP contribution in [0.4, 0.5) is 0 Å². The highest BCUT2D eigenvalue weighted by Crippen LogP contribution is 2.23. The van der Waals surface area contributed by atoms with Gasteiger partial charge in [-0.1, -0.05) is 30.7 Å². The molecule has 106 valence electrons. The van der Waals surface area contributed by atoms with Crippen LogP contribution in [0.2, 0.25) is 5.15 Å². The second kappa shape index (κ2) is 5.87. The Morgan fingerprint density at radius 1 is 1.20 bits per heavy atom. The molecule has 0 unspecified atom stereocenters. The van der Waals surface area contributed by atoms with Crippen LogP contribution in [0.25, 0.3) is 11.3 Å². The number of sulfonamides is 1. The zero-order valence-corrected chi connectivity index (χ0v) is 12.7. The van der Waals surface area contributed by atoms with E-state index in [1.54, 1.807) is 44.2 Å². The fourth-order valence-electron chi connectivity index (χ4n) is 1.79. The summed E-state index contributed by atoms with van der Waals surface area (Å²) >= 11 is 5.69. The summed E-state index contributed by atoms with van der Waals surface area (Å²) in [4.78, 5) is 0.244. The quantitative estimate of drug-likeness (QED) is 0.941. The minimum atomic E-state index is -3.50. The van der Waals surface area contributed by atoms with Gasteiger partial charge in [0.15, 0.2) is 5.15 Å². The Balaban J connectivity index is 2.51. The van der Waals surface area contributed by atoms with Crippen molar-refractivity contribution in [3.8, 4) is 11.3 Å². The average molecular weight is 312 g/mol. The van der Waals surface area contributed by atoms with Crippen molar-refractivity contribution < 1.29 is 8.42 Å². The standard InChI is InChI=1S/C13H14ClN3O2S/c1-3-15-20(18,19)12-8-10(5-4-9(12)2)11-6-7-13(14)17-16-11/h4-8,15H,3H2,1-2H3. The first-order chi connectivity index (χ1) is 9.44. The molecule has 0 aliphatic carbocycles. The monoisotopic (exact) mass is 311 g/mol. The van der Waals surface area contributed by atoms with Crippen LogP contribution < -0.4 is 4.72 Å². The van der Waals surface area contributed by atoms with Gasteiger partial charge in [-0.3, -0.25) is 0 Å². The molecule has 0 spiro atoms. The van der Waals surface area contributed by atoms with Gasteiger partial charge in [-0.25, -0.2) is 13.1 Å². The highest BCUT2D eigenvalue weighted by atomic mass is 35.5. The molecule has 1 heterocycles. The van der Waals surface area contributed by atoms with Gasteiger partial charge in [0.05, 0.1) is 10.6 Å². The molecule has 0 amide bonds. The summed E-state index contributed by atoms with van der Waals surface area (Å²) < 4.78 is 26.7. The number of hydrogen-bond donors (Lipinski definition) is 1. The Labute approximate surface area is 123 Å². The molecule has 0 radical (unpaired) electrons. The molecule has 1 N–H and O–H groups in total. The first kappa shape index (κ1) is 14.9. The summed E-state index contributed by atoms with van der Waals surface area (Å²) in [6.07, 6.45) is 0. The highest BCUT2D eigenvalue weighted by molar-refractivity contribution is 7.89. The van der Waals surface area contributed by atoms with Crippen molar-refractivity contribution in [2.45, 2.75) is 18.7 Å². The Hall–Kier alpha value is -1.50. The summed E-state index contributed by atoms with van der Waals surface area (Å²) in [6, 6.07) is 8.45. The lowest BCUT2D eigenvalue weighted by molar-refractivity contribution is 0.583. The van der Waals surface area contributed by atoms with Crippen LogP contribution in [0.15, 0.2) is 35.2 Å². The number of nitrogens with one attached hydrogen (secondary N) is 1. The van der Waals surface area contributed by atoms with E-state index in [1.807, 2.05) is 0 Å². The van der Waals surface area contributed by atoms with E-state index >= 15 is 0 Å². The lowest BCUT2D eigenvalue weighted by Gasteiger charge is -2.09. The Morgan fingerprint density at radius 2 is 1.95 bits per heavy atom. The molecule has 1 aromatic carbocycles. The smallest absolute Gasteiger partial charge is 0.211 e. The predicted molar refractivity (Wildman–Crippen MR) is 78.1 cm³/mol. The first-order valence-electron chi connectivity index (χ1n) is 6.04. The number of benzene rings is 1. The van der Waals surface area contributed by atoms with Crippen molar-refractivity contribution in [2.75, 3.05) is 6.54 Å². The summed E-state index contributed by atoms with van der Waals surface area (Å²) in [5.74, 6) is 0. The largest absolute Gasteiger partial charge is 0.240 e. The molecular weight excluding hydrogens is 298 g/mol. The molecule has 2 rings (SSSR count). The molecule has 0 aliphatic heterocycles. The molecule has 0 fully saturated rings. The van der Waals surface area contributed by atoms with Gasteiger partial charge in [-0.2, -0.15) is 0 Å². The lowest BCUT2D eigenvalue weighted by atomic mass is 10.1. The van der Waals surface area contributed by atoms with Gasteiger partial charge >= 0.3 is 0 Å². The van der Waals surface area contributed by atoms with Crippen molar-refractivity contribution in [3.05, 3.63) is 41.0 Å². The second-order valence-electron chi connectivity index (χ2n) is 4.22. The molecule has 0 aliphatic rings. The van der Waals surface area contributed by atoms with E-state index in [1.165, 1.54) is 0 Å². The van der Waals surface area contributed by atoms with Gasteiger partial charge in [0.2, 0.25) is 10.0 Å². The Morgan fingerprint density at radius 3 is 2.55 bits per heavy atom. The van der Waals surface area contributed by atoms with E-state index in [0.29, 0.717) is 28.5 Å². The number of rotatable bonds is 4. The molecule has 0 atom stereocenters. The fourth-order valence-corrected chi connectivity index (χ4v) is 3.20. The van der Waals surface area contributed by atoms with Crippen LogP contribution in [0.5, 0.6) is 0 Å². The molecule has 20 heavy (non-hydrogen) atoms. The van der Waals surface area contributed by atoms with E-state index in [0.717, 1.165) is 0 Å². The van der Waals surface area contributed by atoms with Crippen LogP contribution in [-0.4, -0.2) is 25.2 Å². The third kappa shape index (κ3) is 3.15. The normalized spacial score (nSPS) is 11.6. The number of halogens is 1. The minimum Gasteiger partial charge on any atom is -0.211 e. The van der Waals surface area contributed by atoms with Crippen LogP contribution in [0, 0.1) is 6.92 Å². The average Bonchev–Trinajstić information content (AvgIpc) is 2.40. The zero-order valence-electron chi connectivity index (χ0n) is 11.1. The number of aromatic nitrogens is 2. The third-order valence-corrected chi connectivity index (χ3v) is 4.63. The van der Waals surface area contributed by atoms with E-state index in [-0.39, 0.29) is 4.90 Å². The number of nitrogens with zero attached hydrogens (tertiary/aromatic N) is 2. The lowest BCUT2D eigenvalue weighted by Crippen LogP contribution is -2.23. The van der Waals surface area contributed by atoms with E-state index in [4.69, 9.17) is 11.6 Å². The maximum atomic E-state index is 12.1. The molecule has 1 aromatic heterocycles. The van der Waals surface area contributed by atoms with Gasteiger partial charge in [0, 0.05) is 12.1 Å². The fraction of sp³-hybridized carbons (Fsp3) is 0.231. The van der Waals surface area contributed by atoms with Crippen molar-refractivity contribution in [1.29, 1.82) is 0 Å². The van der Waals surface area contributed by atoms with Crippen LogP contribution in [0.1, 0.15) is 12.5 Å². The zero-order chi connectivity index (χ0) is 14.8. The SMILES string of the molecule is CCNS(=O)(=O)c1cc(-c2ccc(Cl)nn2)ccc1C. The van der Waals surface area contributed by atoms with E-state index in [2.05, 4.69) is 14.9 Å².